The van der Waals surface area contributed by atoms with Crippen molar-refractivity contribution in [2.24, 2.45) is 5.11 Å². The number of aliphatic hydroxyl groups is 3. The highest BCUT2D eigenvalue weighted by Crippen LogP contribution is 2.54. The van der Waals surface area contributed by atoms with Gasteiger partial charge in [0, 0.05) is 4.91 Å². The molecule has 0 amide bonds. The summed E-state index contributed by atoms with van der Waals surface area (Å²) in [4.78, 5) is 2.47. The van der Waals surface area contributed by atoms with Crippen molar-refractivity contribution in [3.8, 4) is 0 Å². The molecule has 3 N–H and O–H groups in total. The van der Waals surface area contributed by atoms with Gasteiger partial charge in [-0.1, -0.05) is 65.8 Å². The highest BCUT2D eigenvalue weighted by atomic mass is 31.2. The highest BCUT2D eigenvalue weighted by Gasteiger charge is 2.42. The summed E-state index contributed by atoms with van der Waals surface area (Å²) in [5.41, 5.74) is 9.68. The first-order valence-electron chi connectivity index (χ1n) is 8.48. The zero-order valence-corrected chi connectivity index (χ0v) is 15.9. The van der Waals surface area contributed by atoms with Gasteiger partial charge in [0.25, 0.3) is 0 Å². The maximum atomic E-state index is 13.2. The summed E-state index contributed by atoms with van der Waals surface area (Å²) >= 11 is 0. The van der Waals surface area contributed by atoms with Crippen LogP contribution in [0.15, 0.2) is 65.8 Å². The van der Waals surface area contributed by atoms with E-state index in [1.807, 2.05) is 0 Å². The van der Waals surface area contributed by atoms with Crippen molar-refractivity contribution < 1.29 is 28.9 Å². The summed E-state index contributed by atoms with van der Waals surface area (Å²) in [5, 5.41) is 33.5. The van der Waals surface area contributed by atoms with E-state index in [0.717, 1.165) is 0 Å². The molecule has 0 saturated carbocycles. The van der Waals surface area contributed by atoms with Gasteiger partial charge in [-0.05, 0) is 16.7 Å². The third-order valence-corrected chi connectivity index (χ3v) is 5.80. The fourth-order valence-corrected chi connectivity index (χ4v) is 3.89. The Hall–Kier alpha value is -2.22. The number of hydrogen-bond donors (Lipinski definition) is 3. The quantitative estimate of drug-likeness (QED) is 0.226. The molecule has 0 unspecified atom stereocenters. The van der Waals surface area contributed by atoms with Crippen molar-refractivity contribution in [1.29, 1.82) is 0 Å². The molecule has 0 aliphatic rings. The van der Waals surface area contributed by atoms with E-state index in [-0.39, 0.29) is 13.2 Å². The summed E-state index contributed by atoms with van der Waals surface area (Å²) in [6, 6.07) is 17.6. The van der Waals surface area contributed by atoms with Crippen molar-refractivity contribution in [2.45, 2.75) is 31.3 Å². The molecule has 2 aromatic rings. The van der Waals surface area contributed by atoms with Crippen molar-refractivity contribution in [3.63, 3.8) is 0 Å². The Kier molecular flexibility index (Phi) is 8.63. The molecule has 2 rings (SSSR count). The van der Waals surface area contributed by atoms with Gasteiger partial charge >= 0.3 is 7.60 Å². The Balaban J connectivity index is 2.15. The smallest absolute Gasteiger partial charge is 0.362 e. The molecule has 0 spiro atoms. The normalized spacial score (nSPS) is 14.7. The summed E-state index contributed by atoms with van der Waals surface area (Å²) in [7, 11) is -4.27. The molecule has 0 bridgehead atoms. The molecule has 150 valence electrons. The van der Waals surface area contributed by atoms with Gasteiger partial charge in [0.1, 0.15) is 6.10 Å². The summed E-state index contributed by atoms with van der Waals surface area (Å²) in [6.45, 7) is -0.779. The van der Waals surface area contributed by atoms with Crippen LogP contribution in [0, 0.1) is 0 Å². The Bertz CT molecular complexity index is 769. The van der Waals surface area contributed by atoms with Crippen LogP contribution in [0.3, 0.4) is 0 Å². The monoisotopic (exact) mass is 407 g/mol. The van der Waals surface area contributed by atoms with E-state index < -0.39 is 32.2 Å². The Morgan fingerprint density at radius 3 is 1.82 bits per heavy atom. The summed E-state index contributed by atoms with van der Waals surface area (Å²) in [5.74, 6) is -2.04. The van der Waals surface area contributed by atoms with Crippen LogP contribution in [0.1, 0.15) is 11.1 Å². The van der Waals surface area contributed by atoms with E-state index in [4.69, 9.17) is 14.6 Å². The van der Waals surface area contributed by atoms with Crippen molar-refractivity contribution >= 4 is 7.60 Å². The van der Waals surface area contributed by atoms with Crippen LogP contribution < -0.4 is 0 Å². The second-order valence-electron chi connectivity index (χ2n) is 5.94. The lowest BCUT2D eigenvalue weighted by Crippen LogP contribution is -2.39. The molecular weight excluding hydrogens is 385 g/mol. The summed E-state index contributed by atoms with van der Waals surface area (Å²) < 4.78 is 24.0. The maximum Gasteiger partial charge on any atom is 0.362 e. The lowest BCUT2D eigenvalue weighted by atomic mass is 10.2. The van der Waals surface area contributed by atoms with Gasteiger partial charge in [-0.2, -0.15) is 0 Å². The van der Waals surface area contributed by atoms with Gasteiger partial charge in [-0.15, -0.1) is 0 Å². The van der Waals surface area contributed by atoms with E-state index in [0.29, 0.717) is 11.1 Å². The fourth-order valence-electron chi connectivity index (χ4n) is 2.28. The number of rotatable bonds is 11. The maximum absolute atomic E-state index is 13.2. The number of hydrogen-bond acceptors (Lipinski definition) is 7. The molecular formula is C18H22N3O6P. The molecule has 0 aromatic heterocycles. The van der Waals surface area contributed by atoms with Crippen molar-refractivity contribution in [1.82, 2.24) is 0 Å². The Labute approximate surface area is 162 Å². The molecule has 9 nitrogen and oxygen atoms in total. The molecule has 0 fully saturated rings. The second-order valence-corrected chi connectivity index (χ2v) is 8.07. The van der Waals surface area contributed by atoms with Crippen molar-refractivity contribution in [2.75, 3.05) is 6.54 Å². The molecule has 0 saturated heterocycles. The minimum atomic E-state index is -4.27. The van der Waals surface area contributed by atoms with E-state index in [9.17, 15) is 19.9 Å². The Morgan fingerprint density at radius 2 is 1.39 bits per heavy atom. The number of benzene rings is 2. The van der Waals surface area contributed by atoms with E-state index in [1.54, 1.807) is 60.7 Å². The Morgan fingerprint density at radius 1 is 0.929 bits per heavy atom. The first kappa shape index (κ1) is 22.1. The zero-order valence-electron chi connectivity index (χ0n) is 15.0. The van der Waals surface area contributed by atoms with Gasteiger partial charge in [-0.3, -0.25) is 4.57 Å². The van der Waals surface area contributed by atoms with Gasteiger partial charge in [0.15, 0.2) is 5.85 Å². The summed E-state index contributed by atoms with van der Waals surface area (Å²) in [6.07, 6.45) is -3.54. The third-order valence-electron chi connectivity index (χ3n) is 3.86. The topological polar surface area (TPSA) is 145 Å². The lowest BCUT2D eigenvalue weighted by molar-refractivity contribution is -0.0377. The molecule has 10 heteroatoms. The minimum Gasteiger partial charge on any atom is -0.390 e. The SMILES string of the molecule is [N-]=[N+]=NC[C@H](O)[C@@H](O)[C@H](O)P(=O)(OCc1ccccc1)OCc1ccccc1. The largest absolute Gasteiger partial charge is 0.390 e. The first-order valence-corrected chi connectivity index (χ1v) is 10.1. The van der Waals surface area contributed by atoms with Crippen LogP contribution in [0.4, 0.5) is 0 Å². The van der Waals surface area contributed by atoms with Gasteiger partial charge in [0.2, 0.25) is 0 Å². The minimum absolute atomic E-state index is 0.136. The zero-order chi connectivity index (χ0) is 20.4. The van der Waals surface area contributed by atoms with Gasteiger partial charge < -0.3 is 24.4 Å². The average Bonchev–Trinajstić information content (AvgIpc) is 2.75. The molecule has 28 heavy (non-hydrogen) atoms. The predicted molar refractivity (Wildman–Crippen MR) is 102 cm³/mol. The average molecular weight is 407 g/mol. The predicted octanol–water partition coefficient (Wildman–Crippen LogP) is 2.96. The highest BCUT2D eigenvalue weighted by molar-refractivity contribution is 7.54. The first-order chi connectivity index (χ1) is 13.5. The molecule has 0 aliphatic heterocycles. The van der Waals surface area contributed by atoms with E-state index in [1.165, 1.54) is 0 Å². The van der Waals surface area contributed by atoms with Gasteiger partial charge in [-0.25, -0.2) is 0 Å². The van der Waals surface area contributed by atoms with Crippen LogP contribution >= 0.6 is 7.60 Å². The third kappa shape index (κ3) is 6.44. The van der Waals surface area contributed by atoms with Crippen LogP contribution in [-0.4, -0.2) is 39.9 Å². The molecule has 2 aromatic carbocycles. The van der Waals surface area contributed by atoms with Gasteiger partial charge in [0.05, 0.1) is 25.9 Å². The molecule has 0 radical (unpaired) electrons. The van der Waals surface area contributed by atoms with Crippen LogP contribution in [-0.2, 0) is 26.8 Å². The molecule has 3 atom stereocenters. The standard InChI is InChI=1S/C18H22N3O6P/c19-21-20-11-16(22)17(23)18(24)28(25,26-12-14-7-3-1-4-8-14)27-13-15-9-5-2-6-10-15/h1-10,16-18,22-24H,11-13H2/t16-,17+,18+/m0/s1. The van der Waals surface area contributed by atoms with Crippen LogP contribution in [0.5, 0.6) is 0 Å². The number of nitrogens with zero attached hydrogens (tertiary/aromatic N) is 3. The molecule has 0 aliphatic carbocycles. The van der Waals surface area contributed by atoms with E-state index in [2.05, 4.69) is 10.0 Å². The number of aliphatic hydroxyl groups excluding tert-OH is 3. The fraction of sp³-hybridized carbons (Fsp3) is 0.333. The van der Waals surface area contributed by atoms with Crippen LogP contribution in [0.25, 0.3) is 10.4 Å². The lowest BCUT2D eigenvalue weighted by Gasteiger charge is -2.28. The van der Waals surface area contributed by atoms with E-state index >= 15 is 0 Å². The van der Waals surface area contributed by atoms with Crippen molar-refractivity contribution in [3.05, 3.63) is 82.2 Å². The second kappa shape index (κ2) is 10.9. The van der Waals surface area contributed by atoms with Crippen LogP contribution in [0.2, 0.25) is 0 Å². The number of azide groups is 1. The molecule has 0 heterocycles.